The van der Waals surface area contributed by atoms with Crippen molar-refractivity contribution in [1.82, 2.24) is 0 Å². The fourth-order valence-corrected chi connectivity index (χ4v) is 11.5. The summed E-state index contributed by atoms with van der Waals surface area (Å²) in [5, 5.41) is 2.38. The Morgan fingerprint density at radius 1 is 0.500 bits per heavy atom. The Kier molecular flexibility index (Phi) is 5.68. The van der Waals surface area contributed by atoms with E-state index in [4.69, 9.17) is 4.42 Å². The van der Waals surface area contributed by atoms with Gasteiger partial charge in [-0.05, 0) is 106 Å². The normalized spacial score (nSPS) is 25.5. The van der Waals surface area contributed by atoms with Crippen LogP contribution in [0.25, 0.3) is 44.2 Å². The van der Waals surface area contributed by atoms with Crippen LogP contribution in [0.3, 0.4) is 0 Å². The van der Waals surface area contributed by atoms with E-state index in [0.29, 0.717) is 0 Å². The van der Waals surface area contributed by atoms with Crippen LogP contribution in [0.4, 0.5) is 0 Å². The first-order valence-corrected chi connectivity index (χ1v) is 18.1. The first-order valence-electron chi connectivity index (χ1n) is 18.1. The lowest BCUT2D eigenvalue weighted by Gasteiger charge is -2.61. The van der Waals surface area contributed by atoms with E-state index in [1.807, 2.05) is 0 Å². The molecule has 4 saturated carbocycles. The second kappa shape index (κ2) is 10.1. The lowest BCUT2D eigenvalue weighted by atomic mass is 9.43. The highest BCUT2D eigenvalue weighted by Crippen LogP contribution is 2.70. The molecule has 1 atom stereocenters. The highest BCUT2D eigenvalue weighted by Gasteiger charge is 2.61. The number of fused-ring (bicyclic) bond motifs is 6. The van der Waals surface area contributed by atoms with E-state index in [-0.39, 0.29) is 11.3 Å². The quantitative estimate of drug-likeness (QED) is 0.179. The standard InChI is InChI=1S/C47H38O/c1-2-10-31(11-3-1)32-20-22-33(23-21-32)44(40-16-8-14-37-36-12-5-7-19-43(36)48-46(37)40)39-15-9-18-42-45(39)38-13-4-6-17-41(38)47(42)34-25-29-24-30(27-34)28-35(47)26-29/h1-23,29-30,34-35,44H,24-28H2. The summed E-state index contributed by atoms with van der Waals surface area (Å²) in [6, 6.07) is 52.3. The summed E-state index contributed by atoms with van der Waals surface area (Å²) in [6.07, 6.45) is 7.06. The van der Waals surface area contributed by atoms with Gasteiger partial charge in [-0.15, -0.1) is 0 Å². The van der Waals surface area contributed by atoms with Gasteiger partial charge < -0.3 is 4.42 Å². The Morgan fingerprint density at radius 3 is 1.94 bits per heavy atom. The molecule has 1 heterocycles. The summed E-state index contributed by atoms with van der Waals surface area (Å²) in [5.41, 5.74) is 14.7. The molecule has 1 unspecified atom stereocenters. The van der Waals surface area contributed by atoms with Crippen LogP contribution < -0.4 is 0 Å². The lowest BCUT2D eigenvalue weighted by molar-refractivity contribution is -0.0399. The highest BCUT2D eigenvalue weighted by atomic mass is 16.3. The third-order valence-corrected chi connectivity index (χ3v) is 13.0. The summed E-state index contributed by atoms with van der Waals surface area (Å²) in [4.78, 5) is 0. The molecule has 5 aliphatic carbocycles. The van der Waals surface area contributed by atoms with Crippen molar-refractivity contribution in [1.29, 1.82) is 0 Å². The Balaban J connectivity index is 1.18. The maximum Gasteiger partial charge on any atom is 0.139 e. The first-order chi connectivity index (χ1) is 23.8. The van der Waals surface area contributed by atoms with Gasteiger partial charge in [0.15, 0.2) is 0 Å². The van der Waals surface area contributed by atoms with E-state index in [2.05, 4.69) is 140 Å². The van der Waals surface area contributed by atoms with E-state index < -0.39 is 0 Å². The van der Waals surface area contributed by atoms with Crippen molar-refractivity contribution in [2.45, 2.75) is 43.4 Å². The summed E-state index contributed by atoms with van der Waals surface area (Å²) < 4.78 is 6.78. The number of hydrogen-bond donors (Lipinski definition) is 0. The van der Waals surface area contributed by atoms with Crippen LogP contribution in [-0.4, -0.2) is 0 Å². The van der Waals surface area contributed by atoms with Gasteiger partial charge in [0.05, 0.1) is 0 Å². The molecule has 48 heavy (non-hydrogen) atoms. The average Bonchev–Trinajstić information content (AvgIpc) is 3.66. The van der Waals surface area contributed by atoms with Crippen LogP contribution in [-0.2, 0) is 5.41 Å². The molecule has 6 aromatic carbocycles. The van der Waals surface area contributed by atoms with Crippen LogP contribution in [0.15, 0.2) is 144 Å². The molecule has 0 N–H and O–H groups in total. The molecule has 7 aromatic rings. The van der Waals surface area contributed by atoms with E-state index in [1.165, 1.54) is 81.8 Å². The number of hydrogen-bond acceptors (Lipinski definition) is 1. The lowest BCUT2D eigenvalue weighted by Crippen LogP contribution is -2.55. The molecule has 1 aromatic heterocycles. The molecule has 1 nitrogen and oxygen atoms in total. The molecule has 4 bridgehead atoms. The largest absolute Gasteiger partial charge is 0.456 e. The molecule has 4 fully saturated rings. The minimum Gasteiger partial charge on any atom is -0.456 e. The smallest absolute Gasteiger partial charge is 0.139 e. The van der Waals surface area contributed by atoms with Gasteiger partial charge in [-0.3, -0.25) is 0 Å². The van der Waals surface area contributed by atoms with Crippen molar-refractivity contribution in [2.75, 3.05) is 0 Å². The molecule has 0 aliphatic heterocycles. The van der Waals surface area contributed by atoms with Crippen LogP contribution >= 0.6 is 0 Å². The third-order valence-electron chi connectivity index (χ3n) is 13.0. The van der Waals surface area contributed by atoms with Crippen molar-refractivity contribution in [2.24, 2.45) is 23.7 Å². The van der Waals surface area contributed by atoms with Crippen LogP contribution in [0.5, 0.6) is 0 Å². The van der Waals surface area contributed by atoms with E-state index in [1.54, 1.807) is 11.1 Å². The predicted molar refractivity (Wildman–Crippen MR) is 196 cm³/mol. The molecular weight excluding hydrogens is 581 g/mol. The summed E-state index contributed by atoms with van der Waals surface area (Å²) in [5.74, 6) is 3.37. The summed E-state index contributed by atoms with van der Waals surface area (Å²) in [7, 11) is 0. The Morgan fingerprint density at radius 2 is 1.12 bits per heavy atom. The van der Waals surface area contributed by atoms with E-state index >= 15 is 0 Å². The van der Waals surface area contributed by atoms with Gasteiger partial charge in [0, 0.05) is 27.7 Å². The minimum absolute atomic E-state index is 0.0223. The van der Waals surface area contributed by atoms with Crippen molar-refractivity contribution < 1.29 is 4.42 Å². The Hall–Kier alpha value is -4.88. The summed E-state index contributed by atoms with van der Waals surface area (Å²) in [6.45, 7) is 0. The average molecular weight is 619 g/mol. The molecule has 0 saturated heterocycles. The van der Waals surface area contributed by atoms with E-state index in [0.717, 1.165) is 34.8 Å². The first kappa shape index (κ1) is 27.1. The van der Waals surface area contributed by atoms with Gasteiger partial charge in [0.25, 0.3) is 0 Å². The predicted octanol–water partition coefficient (Wildman–Crippen LogP) is 12.2. The van der Waals surface area contributed by atoms with Crippen LogP contribution in [0.2, 0.25) is 0 Å². The third kappa shape index (κ3) is 3.63. The van der Waals surface area contributed by atoms with Crippen molar-refractivity contribution in [3.63, 3.8) is 0 Å². The van der Waals surface area contributed by atoms with Gasteiger partial charge in [-0.2, -0.15) is 0 Å². The summed E-state index contributed by atoms with van der Waals surface area (Å²) >= 11 is 0. The van der Waals surface area contributed by atoms with Gasteiger partial charge >= 0.3 is 0 Å². The van der Waals surface area contributed by atoms with Crippen LogP contribution in [0, 0.1) is 23.7 Å². The Labute approximate surface area is 282 Å². The second-order valence-corrected chi connectivity index (χ2v) is 15.2. The molecule has 232 valence electrons. The molecule has 0 amide bonds. The number of furan rings is 1. The fourth-order valence-electron chi connectivity index (χ4n) is 11.5. The fraction of sp³-hybridized carbons (Fsp3) is 0.234. The molecule has 12 rings (SSSR count). The van der Waals surface area contributed by atoms with Gasteiger partial charge in [-0.25, -0.2) is 0 Å². The van der Waals surface area contributed by atoms with Gasteiger partial charge in [0.1, 0.15) is 11.2 Å². The van der Waals surface area contributed by atoms with Crippen LogP contribution in [0.1, 0.15) is 65.8 Å². The zero-order chi connectivity index (χ0) is 31.4. The molecule has 5 aliphatic rings. The maximum atomic E-state index is 6.78. The van der Waals surface area contributed by atoms with Crippen molar-refractivity contribution in [3.8, 4) is 22.3 Å². The SMILES string of the molecule is c1ccc(-c2ccc(C(c3cccc4c3-c3ccccc3C43C4CC5CC(C4)CC3C5)c3cccc4c3oc3ccccc34)cc2)cc1. The van der Waals surface area contributed by atoms with Gasteiger partial charge in [-0.1, -0.05) is 133 Å². The molecule has 0 radical (unpaired) electrons. The topological polar surface area (TPSA) is 13.1 Å². The minimum atomic E-state index is 0.0223. The monoisotopic (exact) mass is 618 g/mol. The van der Waals surface area contributed by atoms with Crippen molar-refractivity contribution >= 4 is 21.9 Å². The molecule has 1 heteroatoms. The number of rotatable bonds is 4. The van der Waals surface area contributed by atoms with Gasteiger partial charge in [0.2, 0.25) is 0 Å². The highest BCUT2D eigenvalue weighted by molar-refractivity contribution is 6.06. The maximum absolute atomic E-state index is 6.78. The number of benzene rings is 6. The zero-order valence-corrected chi connectivity index (χ0v) is 27.1. The molecular formula is C47H38O. The van der Waals surface area contributed by atoms with E-state index in [9.17, 15) is 0 Å². The molecule has 1 spiro atoms. The van der Waals surface area contributed by atoms with Crippen molar-refractivity contribution in [3.05, 3.63) is 167 Å². The second-order valence-electron chi connectivity index (χ2n) is 15.2. The zero-order valence-electron chi connectivity index (χ0n) is 27.1. The Bertz CT molecular complexity index is 2330. The number of para-hydroxylation sites is 2.